The first kappa shape index (κ1) is 23.4. The van der Waals surface area contributed by atoms with E-state index >= 15 is 0 Å². The SMILES string of the molecule is Cn1cc(-c2nc(-c3ccc(C(F)(F)F)nc3)cc3c(=O)n(C[C@@H](O)C(F)(F)F)cnc23)cn1. The molecule has 0 aliphatic heterocycles. The van der Waals surface area contributed by atoms with Crippen LogP contribution < -0.4 is 5.56 Å². The van der Waals surface area contributed by atoms with E-state index in [0.29, 0.717) is 10.1 Å². The zero-order valence-electron chi connectivity index (χ0n) is 17.1. The van der Waals surface area contributed by atoms with Gasteiger partial charge in [-0.1, -0.05) is 0 Å². The van der Waals surface area contributed by atoms with Crippen molar-refractivity contribution in [2.24, 2.45) is 7.05 Å². The van der Waals surface area contributed by atoms with Crippen LogP contribution in [-0.2, 0) is 19.8 Å². The Morgan fingerprint density at radius 1 is 1.06 bits per heavy atom. The maximum atomic E-state index is 13.0. The predicted octanol–water partition coefficient (Wildman–Crippen LogP) is 3.20. The van der Waals surface area contributed by atoms with Gasteiger partial charge in [0.1, 0.15) is 16.9 Å². The van der Waals surface area contributed by atoms with Gasteiger partial charge in [0.25, 0.3) is 5.56 Å². The van der Waals surface area contributed by atoms with Gasteiger partial charge in [0.05, 0.1) is 30.1 Å². The van der Waals surface area contributed by atoms with Gasteiger partial charge in [-0.2, -0.15) is 31.4 Å². The summed E-state index contributed by atoms with van der Waals surface area (Å²) in [7, 11) is 1.62. The Bertz CT molecular complexity index is 1410. The number of aliphatic hydroxyl groups is 1. The number of pyridine rings is 2. The third-order valence-corrected chi connectivity index (χ3v) is 4.89. The lowest BCUT2D eigenvalue weighted by molar-refractivity contribution is -0.207. The lowest BCUT2D eigenvalue weighted by Crippen LogP contribution is -2.36. The van der Waals surface area contributed by atoms with Crippen molar-refractivity contribution in [1.29, 1.82) is 0 Å². The van der Waals surface area contributed by atoms with Crippen LogP contribution >= 0.6 is 0 Å². The van der Waals surface area contributed by atoms with Crippen LogP contribution in [0.4, 0.5) is 26.3 Å². The van der Waals surface area contributed by atoms with E-state index in [1.807, 2.05) is 0 Å². The van der Waals surface area contributed by atoms with Crippen molar-refractivity contribution in [2.45, 2.75) is 25.0 Å². The number of hydrogen-bond acceptors (Lipinski definition) is 6. The first-order valence-electron chi connectivity index (χ1n) is 9.52. The maximum Gasteiger partial charge on any atom is 0.433 e. The minimum atomic E-state index is -4.95. The van der Waals surface area contributed by atoms with Gasteiger partial charge in [-0.05, 0) is 18.2 Å². The number of nitrogens with zero attached hydrogens (tertiary/aromatic N) is 6. The summed E-state index contributed by atoms with van der Waals surface area (Å²) < 4.78 is 79.0. The van der Waals surface area contributed by atoms with Crippen molar-refractivity contribution in [3.8, 4) is 22.5 Å². The fraction of sp³-hybridized carbons (Fsp3) is 0.250. The zero-order chi connectivity index (χ0) is 24.8. The molecule has 4 heterocycles. The molecule has 0 saturated heterocycles. The number of hydrogen-bond donors (Lipinski definition) is 1. The van der Waals surface area contributed by atoms with Crippen LogP contribution in [-0.4, -0.2) is 46.7 Å². The van der Waals surface area contributed by atoms with E-state index in [4.69, 9.17) is 0 Å². The van der Waals surface area contributed by atoms with Crippen LogP contribution in [0.5, 0.6) is 0 Å². The third-order valence-electron chi connectivity index (χ3n) is 4.89. The minimum absolute atomic E-state index is 0.0411. The van der Waals surface area contributed by atoms with Crippen LogP contribution in [0.2, 0.25) is 0 Å². The van der Waals surface area contributed by atoms with Crippen LogP contribution in [0.15, 0.2) is 47.9 Å². The van der Waals surface area contributed by atoms with Gasteiger partial charge >= 0.3 is 12.4 Å². The van der Waals surface area contributed by atoms with E-state index < -0.39 is 36.3 Å². The van der Waals surface area contributed by atoms with Gasteiger partial charge in [-0.3, -0.25) is 19.0 Å². The number of alkyl halides is 6. The van der Waals surface area contributed by atoms with E-state index in [-0.39, 0.29) is 27.9 Å². The standard InChI is InChI=1S/C20H14F6N6O2/c1-31-7-11(6-29-31)16-17-12(18(34)32(9-28-17)8-15(33)20(24,25)26)4-13(30-16)10-2-3-14(27-5-10)19(21,22)23/h2-7,9,15,33H,8H2,1H3/t15-/m1/s1. The largest absolute Gasteiger partial charge is 0.433 e. The van der Waals surface area contributed by atoms with Gasteiger partial charge in [-0.25, -0.2) is 9.97 Å². The topological polar surface area (TPSA) is 98.7 Å². The van der Waals surface area contributed by atoms with Crippen LogP contribution in [0.1, 0.15) is 5.69 Å². The molecule has 4 aromatic heterocycles. The average Bonchev–Trinajstić information content (AvgIpc) is 3.20. The molecule has 4 rings (SSSR count). The van der Waals surface area contributed by atoms with Crippen molar-refractivity contribution >= 4 is 10.9 Å². The molecule has 0 spiro atoms. The monoisotopic (exact) mass is 484 g/mol. The van der Waals surface area contributed by atoms with Crippen LogP contribution in [0, 0.1) is 0 Å². The molecule has 1 atom stereocenters. The van der Waals surface area contributed by atoms with Crippen molar-refractivity contribution in [2.75, 3.05) is 0 Å². The molecule has 0 aromatic carbocycles. The molecule has 0 amide bonds. The lowest BCUT2D eigenvalue weighted by atomic mass is 10.1. The van der Waals surface area contributed by atoms with Gasteiger partial charge in [0, 0.05) is 30.6 Å². The summed E-state index contributed by atoms with van der Waals surface area (Å²) in [5.41, 5.74) is -1.27. The zero-order valence-corrected chi connectivity index (χ0v) is 17.1. The molecule has 8 nitrogen and oxygen atoms in total. The van der Waals surface area contributed by atoms with E-state index in [2.05, 4.69) is 20.1 Å². The Balaban J connectivity index is 1.91. The molecule has 0 radical (unpaired) electrons. The molecule has 0 saturated carbocycles. The fourth-order valence-electron chi connectivity index (χ4n) is 3.19. The Morgan fingerprint density at radius 3 is 2.35 bits per heavy atom. The molecule has 0 aliphatic rings. The summed E-state index contributed by atoms with van der Waals surface area (Å²) in [6.45, 7) is -1.09. The van der Waals surface area contributed by atoms with Crippen LogP contribution in [0.3, 0.4) is 0 Å². The van der Waals surface area contributed by atoms with Crippen molar-refractivity contribution < 1.29 is 31.4 Å². The summed E-state index contributed by atoms with van der Waals surface area (Å²) in [5, 5.41) is 13.2. The molecule has 1 N–H and O–H groups in total. The first-order valence-corrected chi connectivity index (χ1v) is 9.52. The molecule has 0 fully saturated rings. The van der Waals surface area contributed by atoms with E-state index in [0.717, 1.165) is 24.7 Å². The highest BCUT2D eigenvalue weighted by molar-refractivity contribution is 5.93. The smallest absolute Gasteiger partial charge is 0.382 e. The number of aliphatic hydroxyl groups excluding tert-OH is 1. The molecule has 0 bridgehead atoms. The van der Waals surface area contributed by atoms with Crippen molar-refractivity contribution in [3.63, 3.8) is 0 Å². The molecule has 0 unspecified atom stereocenters. The molecule has 4 aromatic rings. The van der Waals surface area contributed by atoms with Crippen LogP contribution in [0.25, 0.3) is 33.4 Å². The summed E-state index contributed by atoms with van der Waals surface area (Å²) in [4.78, 5) is 24.8. The predicted molar refractivity (Wildman–Crippen MR) is 106 cm³/mol. The van der Waals surface area contributed by atoms with Gasteiger partial charge in [0.15, 0.2) is 6.10 Å². The second kappa shape index (κ2) is 8.20. The Labute approximate surface area is 186 Å². The summed E-state index contributed by atoms with van der Waals surface area (Å²) in [6, 6.07) is 3.05. The van der Waals surface area contributed by atoms with Crippen molar-refractivity contribution in [1.82, 2.24) is 29.3 Å². The maximum absolute atomic E-state index is 13.0. The number of aryl methyl sites for hydroxylation is 1. The summed E-state index contributed by atoms with van der Waals surface area (Å²) >= 11 is 0. The van der Waals surface area contributed by atoms with Gasteiger partial charge < -0.3 is 5.11 Å². The normalized spacial score (nSPS) is 13.4. The Hall–Kier alpha value is -3.81. The molecule has 178 valence electrons. The number of aromatic nitrogens is 6. The minimum Gasteiger partial charge on any atom is -0.382 e. The first-order chi connectivity index (χ1) is 15.8. The summed E-state index contributed by atoms with van der Waals surface area (Å²) in [5.74, 6) is 0. The van der Waals surface area contributed by atoms with E-state index in [9.17, 15) is 36.2 Å². The lowest BCUT2D eigenvalue weighted by Gasteiger charge is -2.16. The molecule has 0 aliphatic carbocycles. The third kappa shape index (κ3) is 4.48. The molecular weight excluding hydrogens is 470 g/mol. The molecular formula is C20H14F6N6O2. The number of fused-ring (bicyclic) bond motifs is 1. The average molecular weight is 484 g/mol. The molecule has 34 heavy (non-hydrogen) atoms. The molecule has 14 heteroatoms. The quantitative estimate of drug-likeness (QED) is 0.447. The van der Waals surface area contributed by atoms with Crippen molar-refractivity contribution in [3.05, 3.63) is 59.2 Å². The highest BCUT2D eigenvalue weighted by atomic mass is 19.4. The number of rotatable bonds is 4. The fourth-order valence-corrected chi connectivity index (χ4v) is 3.19. The summed E-state index contributed by atoms with van der Waals surface area (Å²) in [6.07, 6.45) is -7.67. The highest BCUT2D eigenvalue weighted by Gasteiger charge is 2.38. The second-order valence-corrected chi connectivity index (χ2v) is 7.34. The number of halogens is 6. The van der Waals surface area contributed by atoms with Gasteiger partial charge in [0.2, 0.25) is 0 Å². The second-order valence-electron chi connectivity index (χ2n) is 7.34. The van der Waals surface area contributed by atoms with Gasteiger partial charge in [-0.15, -0.1) is 0 Å². The highest BCUT2D eigenvalue weighted by Crippen LogP contribution is 2.31. The van der Waals surface area contributed by atoms with E-state index in [1.165, 1.54) is 16.9 Å². The Kier molecular flexibility index (Phi) is 5.63. The Morgan fingerprint density at radius 2 is 1.79 bits per heavy atom. The van der Waals surface area contributed by atoms with E-state index in [1.54, 1.807) is 13.2 Å².